The minimum atomic E-state index is -0.479. The van der Waals surface area contributed by atoms with Crippen LogP contribution in [0.5, 0.6) is 0 Å². The average molecular weight is 452 g/mol. The van der Waals surface area contributed by atoms with Crippen LogP contribution in [0.15, 0.2) is 35.5 Å². The summed E-state index contributed by atoms with van der Waals surface area (Å²) in [5, 5.41) is 13.8. The number of aryl methyl sites for hydroxylation is 2. The van der Waals surface area contributed by atoms with Crippen LogP contribution in [-0.2, 0) is 17.6 Å². The van der Waals surface area contributed by atoms with Crippen molar-refractivity contribution in [2.24, 2.45) is 5.73 Å². The number of thiophene rings is 1. The van der Waals surface area contributed by atoms with Crippen LogP contribution in [0.25, 0.3) is 16.6 Å². The molecule has 0 unspecified atom stereocenters. The highest BCUT2D eigenvalue weighted by Gasteiger charge is 2.25. The van der Waals surface area contributed by atoms with Gasteiger partial charge in [0.25, 0.3) is 5.91 Å². The number of anilines is 1. The molecular formula is C22H21N5O2S2. The number of nitrogens with two attached hydrogens (primary N) is 1. The van der Waals surface area contributed by atoms with Gasteiger partial charge in [-0.2, -0.15) is 0 Å². The summed E-state index contributed by atoms with van der Waals surface area (Å²) in [4.78, 5) is 25.9. The van der Waals surface area contributed by atoms with Gasteiger partial charge in [0.1, 0.15) is 5.00 Å². The van der Waals surface area contributed by atoms with Crippen molar-refractivity contribution in [2.45, 2.75) is 37.8 Å². The van der Waals surface area contributed by atoms with Gasteiger partial charge >= 0.3 is 0 Å². The number of nitrogens with one attached hydrogen (secondary N) is 1. The van der Waals surface area contributed by atoms with Gasteiger partial charge in [0, 0.05) is 10.3 Å². The van der Waals surface area contributed by atoms with Crippen LogP contribution >= 0.6 is 23.1 Å². The molecule has 4 aromatic rings. The summed E-state index contributed by atoms with van der Waals surface area (Å²) in [5.74, 6) is -0.518. The molecule has 7 nitrogen and oxygen atoms in total. The minimum Gasteiger partial charge on any atom is -0.365 e. The van der Waals surface area contributed by atoms with Crippen LogP contribution < -0.4 is 11.1 Å². The van der Waals surface area contributed by atoms with Gasteiger partial charge in [-0.15, -0.1) is 21.5 Å². The molecule has 3 heterocycles. The van der Waals surface area contributed by atoms with Crippen molar-refractivity contribution >= 4 is 56.5 Å². The predicted octanol–water partition coefficient (Wildman–Crippen LogP) is 3.96. The minimum absolute atomic E-state index is 0.157. The molecule has 0 saturated heterocycles. The molecule has 0 radical (unpaired) electrons. The Morgan fingerprint density at radius 3 is 2.87 bits per heavy atom. The second kappa shape index (κ2) is 7.97. The van der Waals surface area contributed by atoms with Crippen LogP contribution in [0.3, 0.4) is 0 Å². The van der Waals surface area contributed by atoms with E-state index in [9.17, 15) is 9.59 Å². The molecule has 3 N–H and O–H groups in total. The number of thioether (sulfide) groups is 1. The van der Waals surface area contributed by atoms with E-state index in [1.807, 2.05) is 35.6 Å². The van der Waals surface area contributed by atoms with E-state index in [1.54, 1.807) is 0 Å². The lowest BCUT2D eigenvalue weighted by atomic mass is 9.95. The maximum absolute atomic E-state index is 12.7. The fourth-order valence-electron chi connectivity index (χ4n) is 4.18. The average Bonchev–Trinajstić information content (AvgIpc) is 3.33. The normalized spacial score (nSPS) is 13.5. The zero-order chi connectivity index (χ0) is 21.5. The predicted molar refractivity (Wildman–Crippen MR) is 124 cm³/mol. The van der Waals surface area contributed by atoms with E-state index in [0.717, 1.165) is 58.2 Å². The molecule has 0 aliphatic heterocycles. The van der Waals surface area contributed by atoms with Crippen molar-refractivity contribution in [3.63, 3.8) is 0 Å². The van der Waals surface area contributed by atoms with Gasteiger partial charge in [0.05, 0.1) is 16.8 Å². The third-order valence-corrected chi connectivity index (χ3v) is 7.71. The first-order chi connectivity index (χ1) is 15.0. The van der Waals surface area contributed by atoms with Gasteiger partial charge in [-0.1, -0.05) is 30.0 Å². The molecule has 0 atom stereocenters. The quantitative estimate of drug-likeness (QED) is 0.447. The number of amides is 2. The first kappa shape index (κ1) is 20.0. The van der Waals surface area contributed by atoms with E-state index in [0.29, 0.717) is 15.7 Å². The van der Waals surface area contributed by atoms with Crippen LogP contribution in [0, 0.1) is 6.92 Å². The van der Waals surface area contributed by atoms with Crippen LogP contribution in [0.4, 0.5) is 5.00 Å². The van der Waals surface area contributed by atoms with Crippen LogP contribution in [0.1, 0.15) is 39.2 Å². The zero-order valence-electron chi connectivity index (χ0n) is 17.0. The molecule has 9 heteroatoms. The van der Waals surface area contributed by atoms with Crippen molar-refractivity contribution in [3.8, 4) is 0 Å². The van der Waals surface area contributed by atoms with Crippen molar-refractivity contribution < 1.29 is 9.59 Å². The van der Waals surface area contributed by atoms with Crippen molar-refractivity contribution in [1.82, 2.24) is 14.6 Å². The summed E-state index contributed by atoms with van der Waals surface area (Å²) in [6.45, 7) is 2.05. The number of aromatic nitrogens is 3. The molecule has 31 heavy (non-hydrogen) atoms. The Labute approximate surface area is 187 Å². The smallest absolute Gasteiger partial charge is 0.251 e. The standard InChI is InChI=1S/C22H21N5O2S2/c1-12-10-17-25-26-22(27(17)15-8-4-2-6-13(12)15)30-11-18(28)24-21-19(20(23)29)14-7-3-5-9-16(14)31-21/h2,4,6,8,10H,3,5,7,9,11H2,1H3,(H2,23,29)(H,24,28). The number of pyridine rings is 1. The van der Waals surface area contributed by atoms with Gasteiger partial charge < -0.3 is 11.1 Å². The Morgan fingerprint density at radius 2 is 2.03 bits per heavy atom. The zero-order valence-corrected chi connectivity index (χ0v) is 18.6. The van der Waals surface area contributed by atoms with E-state index in [1.165, 1.54) is 23.1 Å². The number of primary amides is 1. The molecule has 2 amide bonds. The Balaban J connectivity index is 1.39. The number of benzene rings is 1. The van der Waals surface area contributed by atoms with Crippen LogP contribution in [0.2, 0.25) is 0 Å². The molecule has 0 spiro atoms. The molecule has 0 fully saturated rings. The molecule has 0 bridgehead atoms. The van der Waals surface area contributed by atoms with Crippen molar-refractivity contribution in [3.05, 3.63) is 51.9 Å². The summed E-state index contributed by atoms with van der Waals surface area (Å²) in [6, 6.07) is 10.1. The molecule has 158 valence electrons. The molecule has 1 aromatic carbocycles. The van der Waals surface area contributed by atoms with E-state index in [4.69, 9.17) is 5.73 Å². The fraction of sp³-hybridized carbons (Fsp3) is 0.273. The monoisotopic (exact) mass is 451 g/mol. The first-order valence-corrected chi connectivity index (χ1v) is 11.9. The van der Waals surface area contributed by atoms with Gasteiger partial charge in [-0.25, -0.2) is 0 Å². The summed E-state index contributed by atoms with van der Waals surface area (Å²) in [7, 11) is 0. The number of fused-ring (bicyclic) bond motifs is 4. The largest absolute Gasteiger partial charge is 0.365 e. The lowest BCUT2D eigenvalue weighted by molar-refractivity contribution is -0.113. The maximum Gasteiger partial charge on any atom is 0.251 e. The third kappa shape index (κ3) is 3.57. The second-order valence-electron chi connectivity index (χ2n) is 7.64. The van der Waals surface area contributed by atoms with Crippen molar-refractivity contribution in [2.75, 3.05) is 11.1 Å². The number of hydrogen-bond acceptors (Lipinski definition) is 6. The summed E-state index contributed by atoms with van der Waals surface area (Å²) >= 11 is 2.79. The van der Waals surface area contributed by atoms with Gasteiger partial charge in [-0.3, -0.25) is 14.0 Å². The molecule has 1 aliphatic rings. The second-order valence-corrected chi connectivity index (χ2v) is 9.68. The molecule has 1 aliphatic carbocycles. The molecule has 0 saturated carbocycles. The number of para-hydroxylation sites is 1. The SMILES string of the molecule is Cc1cc2nnc(SCC(=O)Nc3sc4c(c3C(N)=O)CCCC4)n2c2ccccc12. The number of carbonyl (C=O) groups is 2. The summed E-state index contributed by atoms with van der Waals surface area (Å²) < 4.78 is 1.97. The lowest BCUT2D eigenvalue weighted by Crippen LogP contribution is -2.19. The molecular weight excluding hydrogens is 430 g/mol. The topological polar surface area (TPSA) is 102 Å². The van der Waals surface area contributed by atoms with E-state index < -0.39 is 5.91 Å². The molecule has 3 aromatic heterocycles. The highest BCUT2D eigenvalue weighted by Crippen LogP contribution is 2.38. The van der Waals surface area contributed by atoms with E-state index in [-0.39, 0.29) is 11.7 Å². The highest BCUT2D eigenvalue weighted by atomic mass is 32.2. The lowest BCUT2D eigenvalue weighted by Gasteiger charge is -2.11. The van der Waals surface area contributed by atoms with Crippen molar-refractivity contribution in [1.29, 1.82) is 0 Å². The Hall–Kier alpha value is -2.91. The van der Waals surface area contributed by atoms with Crippen LogP contribution in [-0.4, -0.2) is 32.2 Å². The fourth-order valence-corrected chi connectivity index (χ4v) is 6.24. The Bertz CT molecular complexity index is 1340. The number of nitrogens with zero attached hydrogens (tertiary/aromatic N) is 3. The number of hydrogen-bond donors (Lipinski definition) is 2. The van der Waals surface area contributed by atoms with Gasteiger partial charge in [0.2, 0.25) is 5.91 Å². The summed E-state index contributed by atoms with van der Waals surface area (Å²) in [6.07, 6.45) is 3.92. The Kier molecular flexibility index (Phi) is 5.15. The first-order valence-electron chi connectivity index (χ1n) is 10.1. The molecule has 5 rings (SSSR count). The Morgan fingerprint density at radius 1 is 1.23 bits per heavy atom. The number of rotatable bonds is 5. The third-order valence-electron chi connectivity index (χ3n) is 5.58. The van der Waals surface area contributed by atoms with Gasteiger partial charge in [-0.05, 0) is 55.9 Å². The highest BCUT2D eigenvalue weighted by molar-refractivity contribution is 7.99. The van der Waals surface area contributed by atoms with Gasteiger partial charge in [0.15, 0.2) is 10.8 Å². The maximum atomic E-state index is 12.7. The van der Waals surface area contributed by atoms with E-state index >= 15 is 0 Å². The summed E-state index contributed by atoms with van der Waals surface area (Å²) in [5.41, 5.74) is 10.0. The number of carbonyl (C=O) groups excluding carboxylic acids is 2. The van der Waals surface area contributed by atoms with E-state index in [2.05, 4.69) is 21.6 Å².